The average Bonchev–Trinajstić information content (AvgIpc) is 3.39. The largest absolute Gasteiger partial charge is 0.342 e. The maximum Gasteiger partial charge on any atom is 0.254 e. The number of aromatic nitrogens is 1. The average molecular weight is 460 g/mol. The molecule has 2 bridgehead atoms. The first-order valence-electron chi connectivity index (χ1n) is 12.3. The van der Waals surface area contributed by atoms with E-state index < -0.39 is 0 Å². The van der Waals surface area contributed by atoms with Crippen LogP contribution in [0.15, 0.2) is 90.2 Å². The molecule has 2 fully saturated rings. The second kappa shape index (κ2) is 7.77. The first kappa shape index (κ1) is 20.4. The van der Waals surface area contributed by atoms with Crippen LogP contribution in [0.5, 0.6) is 0 Å². The number of hydrogen-bond acceptors (Lipinski definition) is 3. The molecule has 8 rings (SSSR count). The molecule has 35 heavy (non-hydrogen) atoms. The summed E-state index contributed by atoms with van der Waals surface area (Å²) < 4.78 is 2.22. The van der Waals surface area contributed by atoms with E-state index in [9.17, 15) is 9.59 Å². The maximum atomic E-state index is 13.1. The Hall–Kier alpha value is -3.99. The molecule has 5 nitrogen and oxygen atoms in total. The second-order valence-corrected chi connectivity index (χ2v) is 9.94. The number of nitrogens with zero attached hydrogens (tertiary/aromatic N) is 3. The third kappa shape index (κ3) is 3.11. The van der Waals surface area contributed by atoms with E-state index in [-0.39, 0.29) is 35.5 Å². The number of carbonyl (C=O) groups excluding carboxylic acids is 2. The third-order valence-corrected chi connectivity index (χ3v) is 8.09. The van der Waals surface area contributed by atoms with Crippen molar-refractivity contribution in [3.63, 3.8) is 0 Å². The molecule has 2 amide bonds. The van der Waals surface area contributed by atoms with Crippen molar-refractivity contribution in [2.75, 3.05) is 0 Å². The molecule has 0 spiro atoms. The van der Waals surface area contributed by atoms with Gasteiger partial charge in [-0.25, -0.2) is 0 Å². The van der Waals surface area contributed by atoms with Gasteiger partial charge in [0.05, 0.1) is 18.1 Å². The van der Waals surface area contributed by atoms with Crippen LogP contribution in [0.25, 0.3) is 21.7 Å². The molecule has 0 radical (unpaired) electrons. The topological polar surface area (TPSA) is 54.7 Å². The van der Waals surface area contributed by atoms with Crippen molar-refractivity contribution >= 4 is 39.7 Å². The highest BCUT2D eigenvalue weighted by Gasteiger charge is 2.56. The lowest BCUT2D eigenvalue weighted by molar-refractivity contribution is -0.140. The number of rotatable bonds is 4. The van der Waals surface area contributed by atoms with Crippen molar-refractivity contribution in [3.05, 3.63) is 96.2 Å². The molecular formula is C30H25N3O2. The van der Waals surface area contributed by atoms with Crippen LogP contribution in [0, 0.1) is 23.7 Å². The molecule has 172 valence electrons. The lowest BCUT2D eigenvalue weighted by Gasteiger charge is -2.37. The number of imide groups is 1. The zero-order valence-corrected chi connectivity index (χ0v) is 19.2. The van der Waals surface area contributed by atoms with Gasteiger partial charge in [0.2, 0.25) is 0 Å². The molecule has 2 heterocycles. The number of allylic oxidation sites excluding steroid dienone is 2. The number of hydrogen-bond donors (Lipinski definition) is 0. The first-order valence-corrected chi connectivity index (χ1v) is 12.3. The Bertz CT molecular complexity index is 1530. The van der Waals surface area contributed by atoms with Crippen LogP contribution >= 0.6 is 0 Å². The predicted molar refractivity (Wildman–Crippen MR) is 137 cm³/mol. The van der Waals surface area contributed by atoms with E-state index in [4.69, 9.17) is 0 Å². The highest BCUT2D eigenvalue weighted by molar-refractivity contribution is 6.07. The number of hydrazone groups is 1. The van der Waals surface area contributed by atoms with Crippen molar-refractivity contribution < 1.29 is 9.59 Å². The summed E-state index contributed by atoms with van der Waals surface area (Å²) in [4.78, 5) is 26.3. The molecule has 1 saturated carbocycles. The zero-order chi connectivity index (χ0) is 23.5. The molecule has 0 N–H and O–H groups in total. The Morgan fingerprint density at radius 1 is 0.800 bits per heavy atom. The molecule has 5 heteroatoms. The van der Waals surface area contributed by atoms with E-state index in [1.807, 2.05) is 12.1 Å². The minimum atomic E-state index is -0.240. The van der Waals surface area contributed by atoms with Gasteiger partial charge in [-0.3, -0.25) is 9.59 Å². The van der Waals surface area contributed by atoms with Crippen LogP contribution in [-0.2, 0) is 16.1 Å². The Labute approximate surface area is 203 Å². The molecule has 4 aliphatic rings. The van der Waals surface area contributed by atoms with Crippen molar-refractivity contribution in [2.45, 2.75) is 19.4 Å². The van der Waals surface area contributed by atoms with Crippen LogP contribution in [0.4, 0.5) is 0 Å². The van der Waals surface area contributed by atoms with Gasteiger partial charge in [0.15, 0.2) is 0 Å². The van der Waals surface area contributed by atoms with Crippen LogP contribution in [0.2, 0.25) is 0 Å². The SMILES string of the molecule is O=C1C2C3C=CC(CC3)C2C(=O)N1N=Cc1cn(Cc2cccc3ccccc23)c2ccccc12. The van der Waals surface area contributed by atoms with Crippen LogP contribution < -0.4 is 0 Å². The fraction of sp³-hybridized carbons (Fsp3) is 0.233. The number of para-hydroxylation sites is 1. The van der Waals surface area contributed by atoms with Crippen LogP contribution in [0.3, 0.4) is 0 Å². The molecule has 1 aromatic heterocycles. The summed E-state index contributed by atoms with van der Waals surface area (Å²) in [6, 6.07) is 23.0. The molecular weight excluding hydrogens is 434 g/mol. The summed E-state index contributed by atoms with van der Waals surface area (Å²) >= 11 is 0. The molecule has 4 atom stereocenters. The first-order chi connectivity index (χ1) is 17.2. The fourth-order valence-electron chi connectivity index (χ4n) is 6.41. The smallest absolute Gasteiger partial charge is 0.254 e. The Balaban J connectivity index is 1.23. The fourth-order valence-corrected chi connectivity index (χ4v) is 6.41. The van der Waals surface area contributed by atoms with E-state index in [0.29, 0.717) is 0 Å². The van der Waals surface area contributed by atoms with Crippen molar-refractivity contribution in [1.29, 1.82) is 0 Å². The van der Waals surface area contributed by atoms with Gasteiger partial charge >= 0.3 is 0 Å². The van der Waals surface area contributed by atoms with Gasteiger partial charge in [0.25, 0.3) is 11.8 Å². The standard InChI is InChI=1S/C30H25N3O2/c34-29-27-20-12-13-21(15-14-20)28(27)30(35)33(29)31-16-23-18-32(26-11-4-3-10-25(23)26)17-22-8-5-7-19-6-1-2-9-24(19)22/h1-13,16,18,20-21,27-28H,14-15,17H2. The quantitative estimate of drug-likeness (QED) is 0.234. The lowest BCUT2D eigenvalue weighted by Crippen LogP contribution is -2.38. The number of fused-ring (bicyclic) bond motifs is 3. The summed E-state index contributed by atoms with van der Waals surface area (Å²) in [5, 5.41) is 9.12. The van der Waals surface area contributed by atoms with Gasteiger partial charge in [-0.15, -0.1) is 0 Å². The van der Waals surface area contributed by atoms with Crippen molar-refractivity contribution in [3.8, 4) is 0 Å². The number of benzene rings is 3. The predicted octanol–water partition coefficient (Wildman–Crippen LogP) is 5.37. The number of amides is 2. The van der Waals surface area contributed by atoms with E-state index in [1.165, 1.54) is 16.3 Å². The monoisotopic (exact) mass is 459 g/mol. The van der Waals surface area contributed by atoms with Gasteiger partial charge in [0, 0.05) is 29.2 Å². The van der Waals surface area contributed by atoms with Crippen molar-refractivity contribution in [1.82, 2.24) is 9.58 Å². The summed E-state index contributed by atoms with van der Waals surface area (Å²) in [6.45, 7) is 0.719. The van der Waals surface area contributed by atoms with E-state index in [0.717, 1.165) is 40.9 Å². The molecule has 1 aliphatic heterocycles. The second-order valence-electron chi connectivity index (χ2n) is 9.94. The van der Waals surface area contributed by atoms with Crippen LogP contribution in [0.1, 0.15) is 24.0 Å². The number of carbonyl (C=O) groups is 2. The van der Waals surface area contributed by atoms with Crippen LogP contribution in [-0.4, -0.2) is 27.6 Å². The van der Waals surface area contributed by atoms with Crippen molar-refractivity contribution in [2.24, 2.45) is 28.8 Å². The van der Waals surface area contributed by atoms with Gasteiger partial charge in [-0.1, -0.05) is 72.8 Å². The summed E-state index contributed by atoms with van der Waals surface area (Å²) in [5.41, 5.74) is 3.23. The van der Waals surface area contributed by atoms with Gasteiger partial charge in [0.1, 0.15) is 0 Å². The minimum Gasteiger partial charge on any atom is -0.342 e. The molecule has 4 unspecified atom stereocenters. The highest BCUT2D eigenvalue weighted by atomic mass is 16.2. The highest BCUT2D eigenvalue weighted by Crippen LogP contribution is 2.49. The zero-order valence-electron chi connectivity index (χ0n) is 19.2. The van der Waals surface area contributed by atoms with E-state index >= 15 is 0 Å². The van der Waals surface area contributed by atoms with Gasteiger partial charge in [-0.2, -0.15) is 10.1 Å². The summed E-state index contributed by atoms with van der Waals surface area (Å²) in [7, 11) is 0. The normalized spacial score (nSPS) is 25.4. The maximum absolute atomic E-state index is 13.1. The Morgan fingerprint density at radius 3 is 2.20 bits per heavy atom. The third-order valence-electron chi connectivity index (χ3n) is 8.09. The lowest BCUT2D eigenvalue weighted by atomic mass is 9.63. The van der Waals surface area contributed by atoms with Gasteiger partial charge < -0.3 is 4.57 Å². The Morgan fingerprint density at radius 2 is 1.46 bits per heavy atom. The molecule has 1 saturated heterocycles. The van der Waals surface area contributed by atoms with E-state index in [2.05, 4.69) is 82.6 Å². The van der Waals surface area contributed by atoms with E-state index in [1.54, 1.807) is 6.21 Å². The van der Waals surface area contributed by atoms with Gasteiger partial charge in [-0.05, 0) is 47.1 Å². The molecule has 3 aromatic carbocycles. The Kier molecular flexibility index (Phi) is 4.53. The molecule has 4 aromatic rings. The molecule has 3 aliphatic carbocycles. The minimum absolute atomic E-state index is 0.144. The summed E-state index contributed by atoms with van der Waals surface area (Å²) in [5.74, 6) is -0.426. The summed E-state index contributed by atoms with van der Waals surface area (Å²) in [6.07, 6.45) is 9.99.